The van der Waals surface area contributed by atoms with Crippen LogP contribution in [-0.4, -0.2) is 35.7 Å². The van der Waals surface area contributed by atoms with Gasteiger partial charge in [0.25, 0.3) is 5.91 Å². The van der Waals surface area contributed by atoms with Crippen molar-refractivity contribution in [3.8, 4) is 0 Å². The average Bonchev–Trinajstić information content (AvgIpc) is 2.93. The largest absolute Gasteiger partial charge is 0.456 e. The van der Waals surface area contributed by atoms with Gasteiger partial charge in [-0.15, -0.1) is 0 Å². The molecule has 0 radical (unpaired) electrons. The highest BCUT2D eigenvalue weighted by molar-refractivity contribution is 5.93. The van der Waals surface area contributed by atoms with Crippen molar-refractivity contribution in [3.05, 3.63) is 39.9 Å². The number of ketones is 1. The summed E-state index contributed by atoms with van der Waals surface area (Å²) in [6.45, 7) is 5.19. The Morgan fingerprint density at radius 2 is 1.97 bits per heavy atom. The Morgan fingerprint density at radius 1 is 1.31 bits per heavy atom. The highest BCUT2D eigenvalue weighted by atomic mass is 16.6. The van der Waals surface area contributed by atoms with Gasteiger partial charge >= 0.3 is 5.97 Å². The number of benzene rings is 1. The number of carbonyl (C=O) groups excluding carboxylic acids is 3. The standard InChI is InChI=1S/C21H28N2O6/c1-4-13(2)15-5-7-16(8-6-15)22-20(25)12-29-21(26)10-17-18(11-23(27)28)14(3)9-19(17)24/h5-8,13-14,17-18H,4,9-12H2,1-3H3,(H,22,25)/t13-,14+,17-,18+/m0/s1. The molecule has 1 N–H and O–H groups in total. The SMILES string of the molecule is CC[C@H](C)c1ccc(NC(=O)COC(=O)C[C@@H]2C(=O)C[C@@H](C)[C@H]2C[N+](=O)[O-])cc1. The number of nitrogens with one attached hydrogen (secondary N) is 1. The molecule has 8 heteroatoms. The van der Waals surface area contributed by atoms with Crippen LogP contribution in [0.25, 0.3) is 0 Å². The topological polar surface area (TPSA) is 116 Å². The molecular formula is C21H28N2O6. The van der Waals surface area contributed by atoms with Crippen LogP contribution in [0.5, 0.6) is 0 Å². The van der Waals surface area contributed by atoms with Gasteiger partial charge in [0.2, 0.25) is 6.54 Å². The normalized spacial score (nSPS) is 22.2. The van der Waals surface area contributed by atoms with E-state index in [1.54, 1.807) is 19.1 Å². The third-order valence-electron chi connectivity index (χ3n) is 5.67. The van der Waals surface area contributed by atoms with Gasteiger partial charge in [0.15, 0.2) is 6.61 Å². The molecule has 1 aliphatic rings. The van der Waals surface area contributed by atoms with Crippen LogP contribution < -0.4 is 5.32 Å². The first-order chi connectivity index (χ1) is 13.7. The molecule has 0 saturated heterocycles. The third-order valence-corrected chi connectivity index (χ3v) is 5.67. The summed E-state index contributed by atoms with van der Waals surface area (Å²) in [6.07, 6.45) is 1.01. The maximum absolute atomic E-state index is 12.1. The molecule has 4 atom stereocenters. The number of nitrogens with zero attached hydrogens (tertiary/aromatic N) is 1. The summed E-state index contributed by atoms with van der Waals surface area (Å²) in [5.41, 5.74) is 1.78. The number of nitro groups is 1. The van der Waals surface area contributed by atoms with Gasteiger partial charge in [0.05, 0.1) is 6.42 Å². The number of carbonyl (C=O) groups is 3. The van der Waals surface area contributed by atoms with E-state index in [1.165, 1.54) is 5.56 Å². The van der Waals surface area contributed by atoms with Gasteiger partial charge in [-0.1, -0.05) is 32.9 Å². The summed E-state index contributed by atoms with van der Waals surface area (Å²) >= 11 is 0. The first-order valence-electron chi connectivity index (χ1n) is 9.91. The van der Waals surface area contributed by atoms with E-state index >= 15 is 0 Å². The minimum Gasteiger partial charge on any atom is -0.456 e. The van der Waals surface area contributed by atoms with Crippen LogP contribution in [-0.2, 0) is 19.1 Å². The number of amides is 1. The van der Waals surface area contributed by atoms with Gasteiger partial charge in [-0.05, 0) is 36.0 Å². The molecule has 1 aliphatic carbocycles. The molecule has 0 aromatic heterocycles. The van der Waals surface area contributed by atoms with Crippen LogP contribution in [0.4, 0.5) is 5.69 Å². The number of ether oxygens (including phenoxy) is 1. The van der Waals surface area contributed by atoms with Gasteiger partial charge in [0, 0.05) is 28.9 Å². The summed E-state index contributed by atoms with van der Waals surface area (Å²) in [4.78, 5) is 46.5. The van der Waals surface area contributed by atoms with Crippen LogP contribution in [0.2, 0.25) is 0 Å². The van der Waals surface area contributed by atoms with Crippen LogP contribution in [0, 0.1) is 27.9 Å². The van der Waals surface area contributed by atoms with Crippen molar-refractivity contribution < 1.29 is 24.0 Å². The second-order valence-corrected chi connectivity index (χ2v) is 7.78. The van der Waals surface area contributed by atoms with Gasteiger partial charge < -0.3 is 10.1 Å². The monoisotopic (exact) mass is 404 g/mol. The summed E-state index contributed by atoms with van der Waals surface area (Å²) in [7, 11) is 0. The first kappa shape index (κ1) is 22.5. The fraction of sp³-hybridized carbons (Fsp3) is 0.571. The average molecular weight is 404 g/mol. The minimum atomic E-state index is -0.723. The molecule has 1 aromatic carbocycles. The molecular weight excluding hydrogens is 376 g/mol. The van der Waals surface area contributed by atoms with Crippen molar-refractivity contribution >= 4 is 23.3 Å². The molecule has 0 spiro atoms. The Kier molecular flexibility index (Phi) is 7.87. The van der Waals surface area contributed by atoms with Gasteiger partial charge in [-0.25, -0.2) is 0 Å². The number of hydrogen-bond donors (Lipinski definition) is 1. The second kappa shape index (κ2) is 10.1. The minimum absolute atomic E-state index is 0.146. The summed E-state index contributed by atoms with van der Waals surface area (Å²) in [5, 5.41) is 13.5. The van der Waals surface area contributed by atoms with Crippen LogP contribution in [0.3, 0.4) is 0 Å². The molecule has 2 rings (SSSR count). The zero-order valence-electron chi connectivity index (χ0n) is 17.1. The fourth-order valence-electron chi connectivity index (χ4n) is 3.71. The Balaban J connectivity index is 1.83. The molecule has 1 saturated carbocycles. The number of Topliss-reactive ketones (excluding diaryl/α,β-unsaturated/α-hetero) is 1. The molecule has 1 fully saturated rings. The van der Waals surface area contributed by atoms with Crippen molar-refractivity contribution in [1.82, 2.24) is 0 Å². The summed E-state index contributed by atoms with van der Waals surface area (Å²) < 4.78 is 4.98. The predicted molar refractivity (Wildman–Crippen MR) is 107 cm³/mol. The zero-order chi connectivity index (χ0) is 21.6. The second-order valence-electron chi connectivity index (χ2n) is 7.78. The Labute approximate surface area is 170 Å². The smallest absolute Gasteiger partial charge is 0.307 e. The predicted octanol–water partition coefficient (Wildman–Crippen LogP) is 3.19. The number of hydrogen-bond acceptors (Lipinski definition) is 6. The lowest BCUT2D eigenvalue weighted by atomic mass is 9.88. The van der Waals surface area contributed by atoms with Crippen molar-refractivity contribution in [2.24, 2.45) is 17.8 Å². The quantitative estimate of drug-likeness (QED) is 0.384. The van der Waals surface area contributed by atoms with Crippen molar-refractivity contribution in [2.75, 3.05) is 18.5 Å². The van der Waals surface area contributed by atoms with E-state index < -0.39 is 35.2 Å². The van der Waals surface area contributed by atoms with E-state index in [4.69, 9.17) is 4.74 Å². The lowest BCUT2D eigenvalue weighted by Gasteiger charge is -2.17. The van der Waals surface area contributed by atoms with Crippen molar-refractivity contribution in [2.45, 2.75) is 46.0 Å². The fourth-order valence-corrected chi connectivity index (χ4v) is 3.71. The molecule has 0 heterocycles. The lowest BCUT2D eigenvalue weighted by Crippen LogP contribution is -2.28. The van der Waals surface area contributed by atoms with E-state index in [9.17, 15) is 24.5 Å². The Hall–Kier alpha value is -2.77. The van der Waals surface area contributed by atoms with E-state index in [0.29, 0.717) is 11.6 Å². The van der Waals surface area contributed by atoms with Crippen molar-refractivity contribution in [3.63, 3.8) is 0 Å². The summed E-state index contributed by atoms with van der Waals surface area (Å²) in [6, 6.07) is 7.47. The van der Waals surface area contributed by atoms with E-state index in [1.807, 2.05) is 12.1 Å². The van der Waals surface area contributed by atoms with Gasteiger partial charge in [-0.2, -0.15) is 0 Å². The molecule has 29 heavy (non-hydrogen) atoms. The van der Waals surface area contributed by atoms with E-state index in [-0.39, 0.29) is 31.1 Å². The maximum Gasteiger partial charge on any atom is 0.307 e. The Bertz CT molecular complexity index is 761. The molecule has 0 aliphatic heterocycles. The van der Waals surface area contributed by atoms with Crippen LogP contribution in [0.1, 0.15) is 51.5 Å². The van der Waals surface area contributed by atoms with E-state index in [0.717, 1.165) is 6.42 Å². The highest BCUT2D eigenvalue weighted by Gasteiger charge is 2.44. The number of anilines is 1. The van der Waals surface area contributed by atoms with Gasteiger partial charge in [0.1, 0.15) is 5.78 Å². The molecule has 0 bridgehead atoms. The van der Waals surface area contributed by atoms with Crippen molar-refractivity contribution in [1.29, 1.82) is 0 Å². The van der Waals surface area contributed by atoms with Crippen LogP contribution in [0.15, 0.2) is 24.3 Å². The Morgan fingerprint density at radius 3 is 2.55 bits per heavy atom. The lowest BCUT2D eigenvalue weighted by molar-refractivity contribution is -0.490. The van der Waals surface area contributed by atoms with E-state index in [2.05, 4.69) is 19.2 Å². The molecule has 158 valence electrons. The van der Waals surface area contributed by atoms with Crippen LogP contribution >= 0.6 is 0 Å². The molecule has 0 unspecified atom stereocenters. The molecule has 8 nitrogen and oxygen atoms in total. The first-order valence-corrected chi connectivity index (χ1v) is 9.91. The number of rotatable bonds is 9. The van der Waals surface area contributed by atoms with Gasteiger partial charge in [-0.3, -0.25) is 24.5 Å². The maximum atomic E-state index is 12.1. The molecule has 1 aromatic rings. The molecule has 1 amide bonds. The highest BCUT2D eigenvalue weighted by Crippen LogP contribution is 2.36. The number of esters is 1. The third kappa shape index (κ3) is 6.37. The summed E-state index contributed by atoms with van der Waals surface area (Å²) in [5.74, 6) is -2.27. The zero-order valence-corrected chi connectivity index (χ0v) is 17.1.